The van der Waals surface area contributed by atoms with Crippen molar-refractivity contribution in [2.75, 3.05) is 12.4 Å². The second-order valence-corrected chi connectivity index (χ2v) is 4.58. The van der Waals surface area contributed by atoms with Crippen LogP contribution in [-0.2, 0) is 6.54 Å². The maximum absolute atomic E-state index is 12.4. The van der Waals surface area contributed by atoms with Crippen molar-refractivity contribution < 1.29 is 22.6 Å². The summed E-state index contributed by atoms with van der Waals surface area (Å²) in [6.45, 7) is 0.206. The van der Waals surface area contributed by atoms with Crippen molar-refractivity contribution in [2.45, 2.75) is 12.9 Å². The Kier molecular flexibility index (Phi) is 5.46. The molecule has 6 nitrogen and oxygen atoms in total. The largest absolute Gasteiger partial charge is 0.573 e. The van der Waals surface area contributed by atoms with Gasteiger partial charge in [0.2, 0.25) is 5.88 Å². The summed E-state index contributed by atoms with van der Waals surface area (Å²) in [5, 5.41) is 2.58. The first-order valence-corrected chi connectivity index (χ1v) is 6.78. The highest BCUT2D eigenvalue weighted by molar-refractivity contribution is 5.93. The summed E-state index contributed by atoms with van der Waals surface area (Å²) in [7, 11) is 1.50. The number of alkyl halides is 3. The minimum atomic E-state index is -4.79. The van der Waals surface area contributed by atoms with Crippen molar-refractivity contribution in [3.05, 3.63) is 48.2 Å². The lowest BCUT2D eigenvalue weighted by Crippen LogP contribution is -2.24. The van der Waals surface area contributed by atoms with E-state index in [0.29, 0.717) is 5.88 Å². The molecule has 0 spiro atoms. The van der Waals surface area contributed by atoms with Crippen LogP contribution < -0.4 is 20.5 Å². The number of benzene rings is 1. The third kappa shape index (κ3) is 5.34. The molecule has 0 radical (unpaired) electrons. The Morgan fingerprint density at radius 3 is 2.62 bits per heavy atom. The number of guanidine groups is 1. The third-order valence-corrected chi connectivity index (χ3v) is 2.81. The molecule has 0 saturated carbocycles. The van der Waals surface area contributed by atoms with E-state index in [9.17, 15) is 13.2 Å². The number of nitrogens with zero attached hydrogens (tertiary/aromatic N) is 2. The van der Waals surface area contributed by atoms with Gasteiger partial charge >= 0.3 is 6.36 Å². The summed E-state index contributed by atoms with van der Waals surface area (Å²) in [4.78, 5) is 8.06. The van der Waals surface area contributed by atoms with Crippen LogP contribution >= 0.6 is 0 Å². The molecule has 0 fully saturated rings. The molecule has 0 saturated heterocycles. The molecule has 1 aromatic carbocycles. The Morgan fingerprint density at radius 1 is 1.25 bits per heavy atom. The van der Waals surface area contributed by atoms with Crippen molar-refractivity contribution in [3.8, 4) is 11.6 Å². The molecule has 2 rings (SSSR count). The Bertz CT molecular complexity index is 703. The minimum absolute atomic E-state index is 0.0518. The van der Waals surface area contributed by atoms with Gasteiger partial charge in [0, 0.05) is 12.3 Å². The molecule has 0 aliphatic heterocycles. The summed E-state index contributed by atoms with van der Waals surface area (Å²) in [5.74, 6) is 0.0189. The highest BCUT2D eigenvalue weighted by Gasteiger charge is 2.32. The molecule has 0 aliphatic carbocycles. The number of hydrogen-bond donors (Lipinski definition) is 2. The van der Waals surface area contributed by atoms with Crippen molar-refractivity contribution >= 4 is 11.6 Å². The lowest BCUT2D eigenvalue weighted by atomic mass is 10.3. The lowest BCUT2D eigenvalue weighted by Gasteiger charge is -2.14. The number of pyridine rings is 1. The number of methoxy groups -OCH3 is 1. The van der Waals surface area contributed by atoms with Gasteiger partial charge in [0.05, 0.1) is 19.3 Å². The fraction of sp³-hybridized carbons (Fsp3) is 0.200. The van der Waals surface area contributed by atoms with Gasteiger partial charge in [0.25, 0.3) is 0 Å². The highest BCUT2D eigenvalue weighted by Crippen LogP contribution is 2.29. The summed E-state index contributed by atoms with van der Waals surface area (Å²) < 4.78 is 45.9. The molecular formula is C15H15F3N4O2. The van der Waals surface area contributed by atoms with E-state index in [4.69, 9.17) is 10.5 Å². The molecule has 128 valence electrons. The van der Waals surface area contributed by atoms with Gasteiger partial charge in [-0.1, -0.05) is 18.2 Å². The summed E-state index contributed by atoms with van der Waals surface area (Å²) in [6.07, 6.45) is -3.23. The molecule has 0 atom stereocenters. The van der Waals surface area contributed by atoms with Crippen molar-refractivity contribution in [1.29, 1.82) is 0 Å². The zero-order chi connectivity index (χ0) is 17.6. The maximum atomic E-state index is 12.4. The number of rotatable bonds is 5. The minimum Gasteiger partial charge on any atom is -0.481 e. The van der Waals surface area contributed by atoms with Gasteiger partial charge in [-0.2, -0.15) is 0 Å². The van der Waals surface area contributed by atoms with Crippen molar-refractivity contribution in [3.63, 3.8) is 0 Å². The summed E-state index contributed by atoms with van der Waals surface area (Å²) in [6, 6.07) is 8.97. The van der Waals surface area contributed by atoms with Crippen molar-refractivity contribution in [1.82, 2.24) is 4.98 Å². The van der Waals surface area contributed by atoms with Crippen LogP contribution in [0, 0.1) is 0 Å². The normalized spacial score (nSPS) is 11.9. The van der Waals surface area contributed by atoms with Gasteiger partial charge in [-0.15, -0.1) is 13.2 Å². The number of hydrogen-bond acceptors (Lipinski definition) is 4. The number of aliphatic imine (C=N–C) groups is 1. The average molecular weight is 340 g/mol. The molecule has 1 aromatic heterocycles. The van der Waals surface area contributed by atoms with Crippen LogP contribution in [0.15, 0.2) is 47.6 Å². The second kappa shape index (κ2) is 7.53. The Balaban J connectivity index is 2.04. The van der Waals surface area contributed by atoms with Crippen LogP contribution in [0.25, 0.3) is 0 Å². The van der Waals surface area contributed by atoms with Crippen LogP contribution in [0.5, 0.6) is 11.6 Å². The maximum Gasteiger partial charge on any atom is 0.573 e. The Hall–Kier alpha value is -2.97. The number of aromatic nitrogens is 1. The van der Waals surface area contributed by atoms with Crippen LogP contribution in [0.4, 0.5) is 18.9 Å². The van der Waals surface area contributed by atoms with Gasteiger partial charge in [0.1, 0.15) is 0 Å². The fourth-order valence-corrected chi connectivity index (χ4v) is 1.76. The van der Waals surface area contributed by atoms with E-state index in [2.05, 4.69) is 20.0 Å². The third-order valence-electron chi connectivity index (χ3n) is 2.81. The van der Waals surface area contributed by atoms with Crippen LogP contribution in [-0.4, -0.2) is 24.4 Å². The first kappa shape index (κ1) is 17.4. The van der Waals surface area contributed by atoms with E-state index in [1.54, 1.807) is 24.4 Å². The molecular weight excluding hydrogens is 325 g/mol. The second-order valence-electron chi connectivity index (χ2n) is 4.58. The van der Waals surface area contributed by atoms with Gasteiger partial charge in [-0.05, 0) is 17.7 Å². The number of para-hydroxylation sites is 2. The number of ether oxygens (including phenoxy) is 2. The van der Waals surface area contributed by atoms with E-state index in [1.807, 2.05) is 0 Å². The molecule has 0 bridgehead atoms. The zero-order valence-corrected chi connectivity index (χ0v) is 12.7. The van der Waals surface area contributed by atoms with Gasteiger partial charge in [-0.25, -0.2) is 9.98 Å². The van der Waals surface area contributed by atoms with E-state index in [1.165, 1.54) is 25.3 Å². The topological polar surface area (TPSA) is 81.8 Å². The lowest BCUT2D eigenvalue weighted by molar-refractivity contribution is -0.274. The van der Waals surface area contributed by atoms with Gasteiger partial charge in [-0.3, -0.25) is 0 Å². The molecule has 9 heteroatoms. The highest BCUT2D eigenvalue weighted by atomic mass is 19.4. The molecule has 24 heavy (non-hydrogen) atoms. The van der Waals surface area contributed by atoms with Crippen LogP contribution in [0.1, 0.15) is 5.56 Å². The van der Waals surface area contributed by atoms with Gasteiger partial charge < -0.3 is 20.5 Å². The van der Waals surface area contributed by atoms with E-state index in [0.717, 1.165) is 5.56 Å². The predicted octanol–water partition coefficient (Wildman–Crippen LogP) is 2.92. The first-order chi connectivity index (χ1) is 11.4. The van der Waals surface area contributed by atoms with Crippen LogP contribution in [0.3, 0.4) is 0 Å². The molecule has 0 unspecified atom stereocenters. The number of nitrogens with two attached hydrogens (primary N) is 1. The Labute approximate surface area is 136 Å². The predicted molar refractivity (Wildman–Crippen MR) is 82.9 cm³/mol. The Morgan fingerprint density at radius 2 is 2.00 bits per heavy atom. The molecule has 0 amide bonds. The van der Waals surface area contributed by atoms with Crippen molar-refractivity contribution in [2.24, 2.45) is 10.7 Å². The quantitative estimate of drug-likeness (QED) is 0.646. The monoisotopic (exact) mass is 340 g/mol. The number of halogens is 3. The SMILES string of the molecule is COc1ccc(CN=C(N)Nc2ccccc2OC(F)(F)F)cn1. The molecule has 2 aromatic rings. The molecule has 1 heterocycles. The molecule has 3 N–H and O–H groups in total. The number of nitrogens with one attached hydrogen (secondary N) is 1. The summed E-state index contributed by atoms with van der Waals surface area (Å²) >= 11 is 0. The van der Waals surface area contributed by atoms with Gasteiger partial charge in [0.15, 0.2) is 11.7 Å². The number of anilines is 1. The first-order valence-electron chi connectivity index (χ1n) is 6.78. The fourth-order valence-electron chi connectivity index (χ4n) is 1.76. The van der Waals surface area contributed by atoms with Crippen LogP contribution in [0.2, 0.25) is 0 Å². The van der Waals surface area contributed by atoms with E-state index >= 15 is 0 Å². The average Bonchev–Trinajstić information content (AvgIpc) is 2.54. The molecule has 0 aliphatic rings. The smallest absolute Gasteiger partial charge is 0.481 e. The standard InChI is InChI=1S/C15H15F3N4O2/c1-23-13-7-6-10(8-20-13)9-21-14(19)22-11-4-2-3-5-12(11)24-15(16,17)18/h2-8H,9H2,1H3,(H3,19,21,22). The summed E-state index contributed by atoms with van der Waals surface area (Å²) in [5.41, 5.74) is 6.52. The zero-order valence-electron chi connectivity index (χ0n) is 12.7. The van der Waals surface area contributed by atoms with E-state index in [-0.39, 0.29) is 18.2 Å². The van der Waals surface area contributed by atoms with E-state index < -0.39 is 12.1 Å².